The first kappa shape index (κ1) is 16.7. The normalized spacial score (nSPS) is 17.7. The minimum atomic E-state index is -0.426. The minimum absolute atomic E-state index is 0. The van der Waals surface area contributed by atoms with Gasteiger partial charge in [0.05, 0.1) is 9.80 Å². The van der Waals surface area contributed by atoms with Gasteiger partial charge in [0.25, 0.3) is 11.6 Å². The number of non-ortho nitro benzene ring substituents is 1. The number of amides is 1. The van der Waals surface area contributed by atoms with E-state index in [0.717, 1.165) is 36.0 Å². The minimum Gasteiger partial charge on any atom is -0.347 e. The fourth-order valence-corrected chi connectivity index (χ4v) is 3.43. The number of nitrogens with one attached hydrogen (secondary N) is 2. The second-order valence-corrected chi connectivity index (χ2v) is 6.19. The summed E-state index contributed by atoms with van der Waals surface area (Å²) in [5.41, 5.74) is 0.0451. The van der Waals surface area contributed by atoms with Crippen LogP contribution in [0.4, 0.5) is 5.69 Å². The highest BCUT2D eigenvalue weighted by Gasteiger charge is 2.18. The number of hydrogen-bond donors (Lipinski definition) is 2. The van der Waals surface area contributed by atoms with Crippen LogP contribution >= 0.6 is 23.7 Å². The lowest BCUT2D eigenvalue weighted by molar-refractivity contribution is -0.384. The quantitative estimate of drug-likeness (QED) is 0.664. The number of piperidine rings is 1. The van der Waals surface area contributed by atoms with Crippen LogP contribution in [0.2, 0.25) is 0 Å². The number of nitro benzene ring substituents is 1. The van der Waals surface area contributed by atoms with Crippen molar-refractivity contribution in [2.75, 3.05) is 13.1 Å². The predicted molar refractivity (Wildman–Crippen MR) is 89.1 cm³/mol. The van der Waals surface area contributed by atoms with Gasteiger partial charge >= 0.3 is 0 Å². The van der Waals surface area contributed by atoms with Crippen molar-refractivity contribution in [3.05, 3.63) is 39.3 Å². The molecular weight excluding hydrogens is 326 g/mol. The van der Waals surface area contributed by atoms with Gasteiger partial charge in [0.1, 0.15) is 0 Å². The molecule has 22 heavy (non-hydrogen) atoms. The van der Waals surface area contributed by atoms with Crippen molar-refractivity contribution in [2.45, 2.75) is 18.9 Å². The molecule has 6 nitrogen and oxygen atoms in total. The Hall–Kier alpha value is -1.70. The maximum absolute atomic E-state index is 12.2. The third-order valence-corrected chi connectivity index (χ3v) is 4.68. The lowest BCUT2D eigenvalue weighted by atomic mass is 10.1. The summed E-state index contributed by atoms with van der Waals surface area (Å²) in [4.78, 5) is 23.2. The molecule has 1 aliphatic heterocycles. The van der Waals surface area contributed by atoms with E-state index in [1.807, 2.05) is 0 Å². The first-order chi connectivity index (χ1) is 10.1. The highest BCUT2D eigenvalue weighted by Crippen LogP contribution is 2.29. The van der Waals surface area contributed by atoms with Gasteiger partial charge in [0.2, 0.25) is 0 Å². The van der Waals surface area contributed by atoms with E-state index in [-0.39, 0.29) is 30.0 Å². The number of fused-ring (bicyclic) bond motifs is 1. The van der Waals surface area contributed by atoms with E-state index < -0.39 is 4.92 Å². The van der Waals surface area contributed by atoms with E-state index >= 15 is 0 Å². The molecule has 8 heteroatoms. The smallest absolute Gasteiger partial charge is 0.270 e. The number of thiophene rings is 1. The fourth-order valence-electron chi connectivity index (χ4n) is 2.49. The van der Waals surface area contributed by atoms with Crippen LogP contribution in [0, 0.1) is 10.1 Å². The molecule has 1 atom stereocenters. The maximum atomic E-state index is 12.2. The monoisotopic (exact) mass is 341 g/mol. The summed E-state index contributed by atoms with van der Waals surface area (Å²) in [7, 11) is 0. The Labute approximate surface area is 137 Å². The summed E-state index contributed by atoms with van der Waals surface area (Å²) >= 11 is 1.36. The molecule has 1 unspecified atom stereocenters. The first-order valence-corrected chi connectivity index (χ1v) is 7.65. The van der Waals surface area contributed by atoms with E-state index in [0.29, 0.717) is 4.88 Å². The van der Waals surface area contributed by atoms with Gasteiger partial charge in [-0.2, -0.15) is 0 Å². The van der Waals surface area contributed by atoms with E-state index in [1.54, 1.807) is 12.1 Å². The largest absolute Gasteiger partial charge is 0.347 e. The molecule has 0 bridgehead atoms. The predicted octanol–water partition coefficient (Wildman–Crippen LogP) is 2.71. The lowest BCUT2D eigenvalue weighted by Crippen LogP contribution is -2.45. The van der Waals surface area contributed by atoms with Crippen LogP contribution in [0.3, 0.4) is 0 Å². The van der Waals surface area contributed by atoms with Crippen molar-refractivity contribution in [3.63, 3.8) is 0 Å². The van der Waals surface area contributed by atoms with Crippen molar-refractivity contribution >= 4 is 45.4 Å². The zero-order valence-corrected chi connectivity index (χ0v) is 13.3. The van der Waals surface area contributed by atoms with Crippen LogP contribution in [0.1, 0.15) is 22.5 Å². The van der Waals surface area contributed by atoms with Crippen LogP contribution in [0.5, 0.6) is 0 Å². The third kappa shape index (κ3) is 3.55. The Bertz CT molecular complexity index is 698. The van der Waals surface area contributed by atoms with Crippen LogP contribution in [0.25, 0.3) is 10.1 Å². The van der Waals surface area contributed by atoms with Crippen LogP contribution in [0.15, 0.2) is 24.3 Å². The number of nitro groups is 1. The van der Waals surface area contributed by atoms with E-state index in [9.17, 15) is 14.9 Å². The Kier molecular flexibility index (Phi) is 5.33. The lowest BCUT2D eigenvalue weighted by Gasteiger charge is -2.23. The molecule has 1 saturated heterocycles. The molecule has 1 aliphatic rings. The van der Waals surface area contributed by atoms with Gasteiger partial charge < -0.3 is 10.6 Å². The second kappa shape index (κ2) is 7.04. The summed E-state index contributed by atoms with van der Waals surface area (Å²) in [5, 5.41) is 17.8. The van der Waals surface area contributed by atoms with E-state index in [2.05, 4.69) is 10.6 Å². The van der Waals surface area contributed by atoms with Crippen molar-refractivity contribution in [1.29, 1.82) is 0 Å². The van der Waals surface area contributed by atoms with Gasteiger partial charge in [-0.3, -0.25) is 14.9 Å². The van der Waals surface area contributed by atoms with Crippen LogP contribution in [-0.2, 0) is 0 Å². The molecule has 2 N–H and O–H groups in total. The molecule has 2 aromatic rings. The van der Waals surface area contributed by atoms with Gasteiger partial charge in [0, 0.05) is 34.8 Å². The number of benzene rings is 1. The van der Waals surface area contributed by atoms with Crippen LogP contribution in [-0.4, -0.2) is 30.0 Å². The number of halogens is 1. The molecule has 0 saturated carbocycles. The van der Waals surface area contributed by atoms with Crippen molar-refractivity contribution in [2.24, 2.45) is 0 Å². The van der Waals surface area contributed by atoms with E-state index in [1.165, 1.54) is 23.5 Å². The summed E-state index contributed by atoms with van der Waals surface area (Å²) in [6.07, 6.45) is 2.04. The fraction of sp³-hybridized carbons (Fsp3) is 0.357. The maximum Gasteiger partial charge on any atom is 0.270 e. The Morgan fingerprint density at radius 1 is 1.41 bits per heavy atom. The summed E-state index contributed by atoms with van der Waals surface area (Å²) < 4.78 is 0.882. The highest BCUT2D eigenvalue weighted by molar-refractivity contribution is 7.20. The van der Waals surface area contributed by atoms with Crippen LogP contribution < -0.4 is 10.6 Å². The van der Waals surface area contributed by atoms with Crippen molar-refractivity contribution in [1.82, 2.24) is 10.6 Å². The average molecular weight is 342 g/mol. The molecule has 3 rings (SSSR count). The van der Waals surface area contributed by atoms with Gasteiger partial charge in [-0.1, -0.05) is 0 Å². The molecule has 1 aromatic heterocycles. The topological polar surface area (TPSA) is 84.3 Å². The number of carbonyl (C=O) groups excluding carboxylic acids is 1. The van der Waals surface area contributed by atoms with Crippen molar-refractivity contribution in [3.8, 4) is 0 Å². The highest BCUT2D eigenvalue weighted by atomic mass is 35.5. The van der Waals surface area contributed by atoms with Gasteiger partial charge in [-0.05, 0) is 31.5 Å². The Morgan fingerprint density at radius 2 is 2.23 bits per heavy atom. The molecule has 118 valence electrons. The SMILES string of the molecule is Cl.O=C(NC1CCCNC1)c1cc2cc([N+](=O)[O-])ccc2s1. The summed E-state index contributed by atoms with van der Waals surface area (Å²) in [6.45, 7) is 1.79. The number of hydrogen-bond acceptors (Lipinski definition) is 5. The van der Waals surface area contributed by atoms with Gasteiger partial charge in [-0.15, -0.1) is 23.7 Å². The van der Waals surface area contributed by atoms with Gasteiger partial charge in [-0.25, -0.2) is 0 Å². The molecule has 0 spiro atoms. The zero-order valence-electron chi connectivity index (χ0n) is 11.7. The first-order valence-electron chi connectivity index (χ1n) is 6.83. The number of nitrogens with zero attached hydrogens (tertiary/aromatic N) is 1. The molecule has 0 radical (unpaired) electrons. The van der Waals surface area contributed by atoms with Gasteiger partial charge in [0.15, 0.2) is 0 Å². The molecule has 1 amide bonds. The molecule has 1 aromatic carbocycles. The average Bonchev–Trinajstić information content (AvgIpc) is 2.91. The Morgan fingerprint density at radius 3 is 2.91 bits per heavy atom. The number of carbonyl (C=O) groups is 1. The molecule has 2 heterocycles. The third-order valence-electron chi connectivity index (χ3n) is 3.57. The number of rotatable bonds is 3. The molecular formula is C14H16ClN3O3S. The standard InChI is InChI=1S/C14H15N3O3S.ClH/c18-14(16-10-2-1-5-15-8-10)13-7-9-6-11(17(19)20)3-4-12(9)21-13;/h3-4,6-7,10,15H,1-2,5,8H2,(H,16,18);1H. The zero-order chi connectivity index (χ0) is 14.8. The van der Waals surface area contributed by atoms with E-state index in [4.69, 9.17) is 0 Å². The summed E-state index contributed by atoms with van der Waals surface area (Å²) in [6, 6.07) is 6.54. The molecule has 1 fully saturated rings. The summed E-state index contributed by atoms with van der Waals surface area (Å²) in [5.74, 6) is -0.104. The van der Waals surface area contributed by atoms with Crippen molar-refractivity contribution < 1.29 is 9.72 Å². The second-order valence-electron chi connectivity index (χ2n) is 5.11. The Balaban J connectivity index is 0.00000176. The molecule has 0 aliphatic carbocycles.